The average Bonchev–Trinajstić information content (AvgIpc) is 3.50. The SMILES string of the molecule is C=CCN(C)C(=O)[C@@H]1[C@H]2C(=O)N([C@H](CO)c3ccccc3)C(C(=O)N(CC=C)Cc3ccccc3)C23CC(C)[C@@]1(C)O3. The first-order chi connectivity index (χ1) is 20.1. The van der Waals surface area contributed by atoms with Gasteiger partial charge >= 0.3 is 0 Å². The van der Waals surface area contributed by atoms with Crippen molar-refractivity contribution in [2.75, 3.05) is 26.7 Å². The van der Waals surface area contributed by atoms with E-state index in [1.165, 1.54) is 4.90 Å². The van der Waals surface area contributed by atoms with Crippen molar-refractivity contribution in [3.63, 3.8) is 0 Å². The van der Waals surface area contributed by atoms with E-state index in [1.807, 2.05) is 74.5 Å². The monoisotopic (exact) mass is 571 g/mol. The van der Waals surface area contributed by atoms with Gasteiger partial charge in [-0.3, -0.25) is 14.4 Å². The van der Waals surface area contributed by atoms with Crippen LogP contribution in [0, 0.1) is 17.8 Å². The molecule has 1 N–H and O–H groups in total. The summed E-state index contributed by atoms with van der Waals surface area (Å²) >= 11 is 0. The molecule has 1 spiro atoms. The largest absolute Gasteiger partial charge is 0.394 e. The fourth-order valence-corrected chi connectivity index (χ4v) is 7.58. The zero-order chi connectivity index (χ0) is 30.2. The van der Waals surface area contributed by atoms with Crippen LogP contribution in [0.25, 0.3) is 0 Å². The van der Waals surface area contributed by atoms with Crippen molar-refractivity contribution in [1.82, 2.24) is 14.7 Å². The Balaban J connectivity index is 1.65. The quantitative estimate of drug-likeness (QED) is 0.417. The molecule has 222 valence electrons. The van der Waals surface area contributed by atoms with Crippen molar-refractivity contribution < 1.29 is 24.2 Å². The first kappa shape index (κ1) is 29.7. The van der Waals surface area contributed by atoms with Gasteiger partial charge in [-0.25, -0.2) is 0 Å². The number of amides is 3. The minimum absolute atomic E-state index is 0.0887. The van der Waals surface area contributed by atoms with Crippen LogP contribution in [-0.4, -0.2) is 81.5 Å². The molecule has 0 aliphatic carbocycles. The maximum atomic E-state index is 14.8. The van der Waals surface area contributed by atoms with Crippen molar-refractivity contribution in [3.05, 3.63) is 97.1 Å². The summed E-state index contributed by atoms with van der Waals surface area (Å²) in [6.45, 7) is 12.1. The van der Waals surface area contributed by atoms with Crippen molar-refractivity contribution >= 4 is 17.7 Å². The minimum Gasteiger partial charge on any atom is -0.394 e. The van der Waals surface area contributed by atoms with Crippen LogP contribution < -0.4 is 0 Å². The molecule has 3 saturated heterocycles. The van der Waals surface area contributed by atoms with Crippen molar-refractivity contribution in [2.24, 2.45) is 17.8 Å². The fourth-order valence-electron chi connectivity index (χ4n) is 7.58. The van der Waals surface area contributed by atoms with E-state index in [0.717, 1.165) is 5.56 Å². The Morgan fingerprint density at radius 2 is 1.69 bits per heavy atom. The van der Waals surface area contributed by atoms with E-state index in [1.54, 1.807) is 29.0 Å². The normalized spacial score (nSPS) is 30.1. The third-order valence-corrected chi connectivity index (χ3v) is 9.60. The predicted octanol–water partition coefficient (Wildman–Crippen LogP) is 3.59. The molecule has 2 aromatic carbocycles. The summed E-state index contributed by atoms with van der Waals surface area (Å²) in [5, 5.41) is 10.7. The second kappa shape index (κ2) is 11.5. The number of hydrogen-bond donors (Lipinski definition) is 1. The number of aliphatic hydroxyl groups excluding tert-OH is 1. The molecule has 2 aromatic rings. The highest BCUT2D eigenvalue weighted by Gasteiger charge is 2.80. The summed E-state index contributed by atoms with van der Waals surface area (Å²) in [5.74, 6) is -2.56. The van der Waals surface area contributed by atoms with Gasteiger partial charge in [-0.05, 0) is 30.4 Å². The second-order valence-electron chi connectivity index (χ2n) is 12.1. The molecule has 3 aliphatic rings. The maximum absolute atomic E-state index is 14.8. The average molecular weight is 572 g/mol. The second-order valence-corrected chi connectivity index (χ2v) is 12.1. The number of hydrogen-bond acceptors (Lipinski definition) is 5. The first-order valence-electron chi connectivity index (χ1n) is 14.6. The standard InChI is InChI=1S/C34H41N3O5/c1-6-18-35(5)30(39)27-28-31(40)37(26(22-38)25-16-12-9-13-17-25)29(34(28)20-23(3)33(27,4)42-34)32(41)36(19-7-2)21-24-14-10-8-11-15-24/h6-17,23,26-29,38H,1-2,18-22H2,3-5H3/t23?,26-,27+,28+,29?,33-,34?/m1/s1. The molecule has 3 fully saturated rings. The molecule has 3 amide bonds. The van der Waals surface area contributed by atoms with E-state index in [4.69, 9.17) is 4.74 Å². The number of carbonyl (C=O) groups is 3. The molecule has 0 radical (unpaired) electrons. The highest BCUT2D eigenvalue weighted by molar-refractivity contribution is 5.99. The van der Waals surface area contributed by atoms with Crippen molar-refractivity contribution in [2.45, 2.75) is 50.1 Å². The van der Waals surface area contributed by atoms with Crippen LogP contribution in [0.15, 0.2) is 86.0 Å². The first-order valence-corrected chi connectivity index (χ1v) is 14.6. The number of nitrogens with zero attached hydrogens (tertiary/aromatic N) is 3. The van der Waals surface area contributed by atoms with E-state index < -0.39 is 35.1 Å². The smallest absolute Gasteiger partial charge is 0.249 e. The van der Waals surface area contributed by atoms with Crippen LogP contribution in [-0.2, 0) is 25.7 Å². The molecule has 2 bridgehead atoms. The van der Waals surface area contributed by atoms with Crippen LogP contribution in [0.2, 0.25) is 0 Å². The minimum atomic E-state index is -1.23. The summed E-state index contributed by atoms with van der Waals surface area (Å²) in [6.07, 6.45) is 3.77. The van der Waals surface area contributed by atoms with Crippen molar-refractivity contribution in [1.29, 1.82) is 0 Å². The Bertz CT molecular complexity index is 1350. The summed E-state index contributed by atoms with van der Waals surface area (Å²) in [6, 6.07) is 17.1. The number of carbonyl (C=O) groups excluding carboxylic acids is 3. The van der Waals surface area contributed by atoms with Crippen LogP contribution in [0.5, 0.6) is 0 Å². The van der Waals surface area contributed by atoms with Gasteiger partial charge in [0.15, 0.2) is 0 Å². The van der Waals surface area contributed by atoms with Gasteiger partial charge in [0.1, 0.15) is 11.6 Å². The van der Waals surface area contributed by atoms with Crippen LogP contribution in [0.3, 0.4) is 0 Å². The molecular formula is C34H41N3O5. The molecule has 8 nitrogen and oxygen atoms in total. The van der Waals surface area contributed by atoms with Gasteiger partial charge < -0.3 is 24.5 Å². The number of fused-ring (bicyclic) bond motifs is 1. The number of likely N-dealkylation sites (N-methyl/N-ethyl adjacent to an activating group) is 1. The number of rotatable bonds is 11. The molecule has 0 aromatic heterocycles. The van der Waals surface area contributed by atoms with E-state index >= 15 is 0 Å². The Labute approximate surface area is 248 Å². The maximum Gasteiger partial charge on any atom is 0.249 e. The van der Waals surface area contributed by atoms with E-state index in [9.17, 15) is 19.5 Å². The number of likely N-dealkylation sites (tertiary alicyclic amines) is 1. The lowest BCUT2D eigenvalue weighted by molar-refractivity contribution is -0.157. The third kappa shape index (κ3) is 4.57. The highest BCUT2D eigenvalue weighted by Crippen LogP contribution is 2.66. The Kier molecular flexibility index (Phi) is 8.14. The molecule has 3 unspecified atom stereocenters. The Hall–Kier alpha value is -3.75. The van der Waals surface area contributed by atoms with Crippen molar-refractivity contribution in [3.8, 4) is 0 Å². The van der Waals surface area contributed by atoms with Gasteiger partial charge in [0.2, 0.25) is 17.7 Å². The summed E-state index contributed by atoms with van der Waals surface area (Å²) in [4.78, 5) is 48.3. The highest BCUT2D eigenvalue weighted by atomic mass is 16.5. The van der Waals surface area contributed by atoms with Gasteiger partial charge in [0.25, 0.3) is 0 Å². The summed E-state index contributed by atoms with van der Waals surface area (Å²) in [5.41, 5.74) is -0.505. The van der Waals surface area contributed by atoms with Gasteiger partial charge in [0.05, 0.1) is 30.1 Å². The molecule has 5 rings (SSSR count). The van der Waals surface area contributed by atoms with E-state index in [2.05, 4.69) is 13.2 Å². The summed E-state index contributed by atoms with van der Waals surface area (Å²) in [7, 11) is 1.70. The van der Waals surface area contributed by atoms with Gasteiger partial charge in [0, 0.05) is 26.7 Å². The lowest BCUT2D eigenvalue weighted by atomic mass is 9.62. The topological polar surface area (TPSA) is 90.4 Å². The lowest BCUT2D eigenvalue weighted by Gasteiger charge is -2.39. The molecular weight excluding hydrogens is 530 g/mol. The van der Waals surface area contributed by atoms with E-state index in [0.29, 0.717) is 25.1 Å². The molecule has 3 aliphatic heterocycles. The fraction of sp³-hybridized carbons (Fsp3) is 0.441. The number of ether oxygens (including phenoxy) is 1. The predicted molar refractivity (Wildman–Crippen MR) is 160 cm³/mol. The molecule has 0 saturated carbocycles. The zero-order valence-corrected chi connectivity index (χ0v) is 24.7. The van der Waals surface area contributed by atoms with Crippen LogP contribution >= 0.6 is 0 Å². The van der Waals surface area contributed by atoms with Crippen LogP contribution in [0.4, 0.5) is 0 Å². The molecule has 3 heterocycles. The van der Waals surface area contributed by atoms with E-state index in [-0.39, 0.29) is 36.8 Å². The Morgan fingerprint density at radius 3 is 2.29 bits per heavy atom. The lowest BCUT2D eigenvalue weighted by Crippen LogP contribution is -2.57. The van der Waals surface area contributed by atoms with Gasteiger partial charge in [-0.1, -0.05) is 79.7 Å². The summed E-state index contributed by atoms with van der Waals surface area (Å²) < 4.78 is 6.90. The molecule has 7 atom stereocenters. The molecule has 8 heteroatoms. The third-order valence-electron chi connectivity index (χ3n) is 9.60. The zero-order valence-electron chi connectivity index (χ0n) is 24.7. The van der Waals surface area contributed by atoms with Gasteiger partial charge in [-0.2, -0.15) is 0 Å². The van der Waals surface area contributed by atoms with Gasteiger partial charge in [-0.15, -0.1) is 13.2 Å². The molecule has 42 heavy (non-hydrogen) atoms. The Morgan fingerprint density at radius 1 is 1.07 bits per heavy atom. The number of benzene rings is 2. The number of aliphatic hydroxyl groups is 1. The van der Waals surface area contributed by atoms with Crippen LogP contribution in [0.1, 0.15) is 37.4 Å².